The summed E-state index contributed by atoms with van der Waals surface area (Å²) in [5, 5.41) is 6.98. The van der Waals surface area contributed by atoms with Gasteiger partial charge < -0.3 is 4.42 Å². The molecule has 1 aromatic heterocycles. The highest BCUT2D eigenvalue weighted by Crippen LogP contribution is 2.43. The van der Waals surface area contributed by atoms with Crippen LogP contribution in [0, 0.1) is 0 Å². The lowest BCUT2D eigenvalue weighted by Gasteiger charge is -2.16. The molecule has 0 N–H and O–H groups in total. The van der Waals surface area contributed by atoms with E-state index < -0.39 is 0 Å². The van der Waals surface area contributed by atoms with E-state index >= 15 is 0 Å². The number of hydrogen-bond acceptors (Lipinski definition) is 2. The fourth-order valence-corrected chi connectivity index (χ4v) is 8.05. The molecular weight excluding hydrogens is 655 g/mol. The zero-order valence-electron chi connectivity index (χ0n) is 29.9. The van der Waals surface area contributed by atoms with Crippen LogP contribution in [0.3, 0.4) is 0 Å². The number of benzene rings is 8. The minimum atomic E-state index is 0.641. The number of furan rings is 1. The molecule has 0 saturated carbocycles. The maximum absolute atomic E-state index is 6.84. The molecule has 8 aromatic carbocycles. The van der Waals surface area contributed by atoms with Gasteiger partial charge in [0.25, 0.3) is 0 Å². The van der Waals surface area contributed by atoms with Crippen molar-refractivity contribution in [3.8, 4) is 22.3 Å². The summed E-state index contributed by atoms with van der Waals surface area (Å²) in [6.45, 7) is 2.13. The summed E-state index contributed by atoms with van der Waals surface area (Å²) in [6.07, 6.45) is 2.94. The minimum Gasteiger partial charge on any atom is -0.456 e. The number of allylic oxidation sites excluding steroid dienone is 3. The number of rotatable bonds is 5. The summed E-state index contributed by atoms with van der Waals surface area (Å²) < 4.78 is 6.84. The second-order valence-electron chi connectivity index (χ2n) is 14.0. The Hall–Kier alpha value is -6.99. The SMILES string of the molecule is CC1=C=C(c2ccccc2)N=C(c2cc(-c3ccc(-c4ccccc4)c4ccccc34)c3c(c2)oc2cc4ccccc4cc23)CC=C1c1ccccc1. The highest BCUT2D eigenvalue weighted by Gasteiger charge is 2.21. The molecule has 2 heterocycles. The molecule has 0 unspecified atom stereocenters. The minimum absolute atomic E-state index is 0.641. The van der Waals surface area contributed by atoms with E-state index in [1.54, 1.807) is 0 Å². The lowest BCUT2D eigenvalue weighted by Crippen LogP contribution is -2.04. The largest absolute Gasteiger partial charge is 0.456 e. The van der Waals surface area contributed by atoms with Gasteiger partial charge in [0.1, 0.15) is 16.9 Å². The summed E-state index contributed by atoms with van der Waals surface area (Å²) in [5.41, 5.74) is 17.4. The summed E-state index contributed by atoms with van der Waals surface area (Å²) in [5.74, 6) is 0. The quantitative estimate of drug-likeness (QED) is 0.165. The average Bonchev–Trinajstić information content (AvgIpc) is 3.58. The van der Waals surface area contributed by atoms with Gasteiger partial charge in [-0.05, 0) is 86.1 Å². The van der Waals surface area contributed by atoms with Crippen LogP contribution in [0.15, 0.2) is 203 Å². The van der Waals surface area contributed by atoms with Crippen LogP contribution >= 0.6 is 0 Å². The van der Waals surface area contributed by atoms with Crippen molar-refractivity contribution in [3.05, 3.63) is 210 Å². The van der Waals surface area contributed by atoms with Crippen LogP contribution in [-0.2, 0) is 0 Å². The molecule has 0 amide bonds. The van der Waals surface area contributed by atoms with Crippen molar-refractivity contribution in [1.82, 2.24) is 0 Å². The number of aliphatic imine (C=N–C) groups is 1. The van der Waals surface area contributed by atoms with Gasteiger partial charge in [0, 0.05) is 33.9 Å². The maximum Gasteiger partial charge on any atom is 0.136 e. The molecule has 0 radical (unpaired) electrons. The monoisotopic (exact) mass is 689 g/mol. The molecule has 54 heavy (non-hydrogen) atoms. The lowest BCUT2D eigenvalue weighted by molar-refractivity contribution is 0.669. The number of hydrogen-bond donors (Lipinski definition) is 0. The average molecular weight is 690 g/mol. The van der Waals surface area contributed by atoms with Crippen LogP contribution in [0.5, 0.6) is 0 Å². The van der Waals surface area contributed by atoms with Crippen LogP contribution < -0.4 is 0 Å². The van der Waals surface area contributed by atoms with Gasteiger partial charge in [-0.15, -0.1) is 0 Å². The maximum atomic E-state index is 6.84. The van der Waals surface area contributed by atoms with Gasteiger partial charge in [0.15, 0.2) is 0 Å². The molecule has 0 bridgehead atoms. The molecule has 0 atom stereocenters. The van der Waals surface area contributed by atoms with E-state index in [4.69, 9.17) is 9.41 Å². The molecule has 0 fully saturated rings. The predicted molar refractivity (Wildman–Crippen MR) is 228 cm³/mol. The van der Waals surface area contributed by atoms with Gasteiger partial charge in [0.2, 0.25) is 0 Å². The van der Waals surface area contributed by atoms with E-state index in [0.29, 0.717) is 6.42 Å². The van der Waals surface area contributed by atoms with Crippen LogP contribution in [0.2, 0.25) is 0 Å². The number of fused-ring (bicyclic) bond motifs is 5. The molecule has 1 aliphatic heterocycles. The second kappa shape index (κ2) is 13.2. The van der Waals surface area contributed by atoms with Crippen molar-refractivity contribution in [2.45, 2.75) is 13.3 Å². The van der Waals surface area contributed by atoms with Gasteiger partial charge in [-0.3, -0.25) is 0 Å². The summed E-state index contributed by atoms with van der Waals surface area (Å²) in [7, 11) is 0. The third kappa shape index (κ3) is 5.58. The van der Waals surface area contributed by atoms with E-state index in [2.05, 4.69) is 189 Å². The van der Waals surface area contributed by atoms with Crippen molar-refractivity contribution < 1.29 is 4.42 Å². The van der Waals surface area contributed by atoms with Gasteiger partial charge >= 0.3 is 0 Å². The smallest absolute Gasteiger partial charge is 0.136 e. The second-order valence-corrected chi connectivity index (χ2v) is 14.0. The highest BCUT2D eigenvalue weighted by atomic mass is 16.3. The Kier molecular flexibility index (Phi) is 7.76. The van der Waals surface area contributed by atoms with Crippen LogP contribution in [-0.4, -0.2) is 5.71 Å². The van der Waals surface area contributed by atoms with Gasteiger partial charge in [0.05, 0.1) is 5.71 Å². The Labute approximate surface area is 314 Å². The van der Waals surface area contributed by atoms with Crippen molar-refractivity contribution in [2.75, 3.05) is 0 Å². The molecule has 1 aliphatic rings. The topological polar surface area (TPSA) is 25.5 Å². The Morgan fingerprint density at radius 2 is 1.07 bits per heavy atom. The Morgan fingerprint density at radius 3 is 1.80 bits per heavy atom. The molecule has 0 spiro atoms. The molecule has 254 valence electrons. The van der Waals surface area contributed by atoms with Crippen molar-refractivity contribution in [2.24, 2.45) is 4.99 Å². The summed E-state index contributed by atoms with van der Waals surface area (Å²) in [4.78, 5) is 5.43. The fourth-order valence-electron chi connectivity index (χ4n) is 8.05. The summed E-state index contributed by atoms with van der Waals surface area (Å²) in [6, 6.07) is 62.5. The van der Waals surface area contributed by atoms with Gasteiger partial charge in [-0.2, -0.15) is 0 Å². The van der Waals surface area contributed by atoms with E-state index in [1.165, 1.54) is 32.8 Å². The van der Waals surface area contributed by atoms with Gasteiger partial charge in [-0.1, -0.05) is 163 Å². The molecule has 0 aliphatic carbocycles. The van der Waals surface area contributed by atoms with Crippen molar-refractivity contribution >= 4 is 60.5 Å². The molecule has 2 heteroatoms. The normalized spacial score (nSPS) is 13.4. The Bertz CT molecular complexity index is 3030. The van der Waals surface area contributed by atoms with Crippen LogP contribution in [0.25, 0.3) is 77.0 Å². The fraction of sp³-hybridized carbons (Fsp3) is 0.0385. The molecule has 10 rings (SSSR count). The first kappa shape index (κ1) is 31.7. The molecule has 0 saturated heterocycles. The standard InChI is InChI=1S/C52H35NO/c1-34-29-49(37-19-9-4-10-20-37)53-48(28-27-41(34)35-15-5-2-6-16-35)40-31-46(52-47-30-38-21-11-12-22-39(38)32-50(47)54-51(52)33-40)45-26-25-42(36-17-7-3-8-18-36)43-23-13-14-24-44(43)45/h2-27,30-33H,28H2,1H3. The third-order valence-electron chi connectivity index (χ3n) is 10.7. The highest BCUT2D eigenvalue weighted by molar-refractivity contribution is 6.21. The molecular formula is C52H35NO. The first-order chi connectivity index (χ1) is 26.7. The van der Waals surface area contributed by atoms with Crippen molar-refractivity contribution in [1.29, 1.82) is 0 Å². The van der Waals surface area contributed by atoms with E-state index in [-0.39, 0.29) is 0 Å². The van der Waals surface area contributed by atoms with Crippen molar-refractivity contribution in [3.63, 3.8) is 0 Å². The number of nitrogens with zero attached hydrogens (tertiary/aromatic N) is 1. The zero-order valence-corrected chi connectivity index (χ0v) is 29.9. The third-order valence-corrected chi connectivity index (χ3v) is 10.7. The molecule has 2 nitrogen and oxygen atoms in total. The first-order valence-corrected chi connectivity index (χ1v) is 18.5. The summed E-state index contributed by atoms with van der Waals surface area (Å²) >= 11 is 0. The predicted octanol–water partition coefficient (Wildman–Crippen LogP) is 14.1. The Morgan fingerprint density at radius 1 is 0.481 bits per heavy atom. The Balaban J connectivity index is 1.26. The van der Waals surface area contributed by atoms with E-state index in [0.717, 1.165) is 72.1 Å². The van der Waals surface area contributed by atoms with Gasteiger partial charge in [-0.25, -0.2) is 4.99 Å². The lowest BCUT2D eigenvalue weighted by atomic mass is 9.88. The zero-order chi connectivity index (χ0) is 36.0. The van der Waals surface area contributed by atoms with Crippen LogP contribution in [0.1, 0.15) is 30.0 Å². The van der Waals surface area contributed by atoms with E-state index in [1.807, 2.05) is 6.07 Å². The molecule has 9 aromatic rings. The first-order valence-electron chi connectivity index (χ1n) is 18.5. The van der Waals surface area contributed by atoms with E-state index in [9.17, 15) is 0 Å². The van der Waals surface area contributed by atoms with Crippen LogP contribution in [0.4, 0.5) is 0 Å².